The molecule has 9 heteroatoms. The Labute approximate surface area is 188 Å². The number of esters is 1. The van der Waals surface area contributed by atoms with E-state index in [1.165, 1.54) is 19.2 Å². The van der Waals surface area contributed by atoms with Gasteiger partial charge in [0.2, 0.25) is 0 Å². The molecule has 1 aliphatic heterocycles. The zero-order chi connectivity index (χ0) is 23.3. The Bertz CT molecular complexity index is 1100. The highest BCUT2D eigenvalue weighted by atomic mass is 32.2. The second-order valence-electron chi connectivity index (χ2n) is 7.62. The van der Waals surface area contributed by atoms with Crippen molar-refractivity contribution in [3.63, 3.8) is 0 Å². The first-order valence-corrected chi connectivity index (χ1v) is 12.0. The number of carbonyl (C=O) groups is 2. The van der Waals surface area contributed by atoms with Crippen molar-refractivity contribution < 1.29 is 27.5 Å². The van der Waals surface area contributed by atoms with E-state index in [4.69, 9.17) is 9.47 Å². The molecule has 0 spiro atoms. The predicted molar refractivity (Wildman–Crippen MR) is 120 cm³/mol. The minimum atomic E-state index is -3.96. The number of piperidine rings is 1. The summed E-state index contributed by atoms with van der Waals surface area (Å²) >= 11 is 0. The number of nitrogens with one attached hydrogen (secondary N) is 1. The van der Waals surface area contributed by atoms with Gasteiger partial charge in [0.05, 0.1) is 30.2 Å². The van der Waals surface area contributed by atoms with Gasteiger partial charge in [-0.05, 0) is 56.5 Å². The molecule has 0 saturated carbocycles. The third-order valence-electron chi connectivity index (χ3n) is 5.43. The zero-order valence-electron chi connectivity index (χ0n) is 18.5. The Balaban J connectivity index is 1.85. The van der Waals surface area contributed by atoms with E-state index >= 15 is 0 Å². The lowest BCUT2D eigenvalue weighted by Crippen LogP contribution is -2.43. The molecule has 3 rings (SSSR count). The fourth-order valence-corrected chi connectivity index (χ4v) is 4.81. The molecular formula is C23H28N2O6S. The minimum Gasteiger partial charge on any atom is -0.495 e. The zero-order valence-corrected chi connectivity index (χ0v) is 19.3. The van der Waals surface area contributed by atoms with Gasteiger partial charge in [-0.1, -0.05) is 18.2 Å². The average molecular weight is 461 g/mol. The fourth-order valence-electron chi connectivity index (χ4n) is 3.72. The molecule has 1 saturated heterocycles. The summed E-state index contributed by atoms with van der Waals surface area (Å²) in [6.45, 7) is 4.56. The molecule has 2 aromatic carbocycles. The highest BCUT2D eigenvalue weighted by Crippen LogP contribution is 2.27. The van der Waals surface area contributed by atoms with E-state index in [1.54, 1.807) is 49.1 Å². The Hall–Kier alpha value is -3.07. The van der Waals surface area contributed by atoms with Crippen molar-refractivity contribution >= 4 is 27.6 Å². The van der Waals surface area contributed by atoms with Gasteiger partial charge < -0.3 is 14.4 Å². The summed E-state index contributed by atoms with van der Waals surface area (Å²) in [7, 11) is -2.50. The number of para-hydroxylation sites is 2. The first-order valence-electron chi connectivity index (χ1n) is 10.5. The van der Waals surface area contributed by atoms with Gasteiger partial charge in [0.15, 0.2) is 0 Å². The average Bonchev–Trinajstić information content (AvgIpc) is 2.79. The molecule has 1 N–H and O–H groups in total. The molecule has 0 aliphatic carbocycles. The van der Waals surface area contributed by atoms with Gasteiger partial charge in [0, 0.05) is 18.7 Å². The Morgan fingerprint density at radius 1 is 1.19 bits per heavy atom. The lowest BCUT2D eigenvalue weighted by Gasteiger charge is -2.32. The first-order chi connectivity index (χ1) is 15.3. The molecule has 32 heavy (non-hydrogen) atoms. The summed E-state index contributed by atoms with van der Waals surface area (Å²) in [6, 6.07) is 11.1. The molecule has 1 amide bonds. The number of hydrogen-bond acceptors (Lipinski definition) is 6. The van der Waals surface area contributed by atoms with Crippen molar-refractivity contribution in [2.24, 2.45) is 5.92 Å². The van der Waals surface area contributed by atoms with Crippen LogP contribution in [0.25, 0.3) is 0 Å². The number of hydrogen-bond donors (Lipinski definition) is 1. The van der Waals surface area contributed by atoms with E-state index in [0.717, 1.165) is 0 Å². The molecule has 1 atom stereocenters. The molecule has 1 heterocycles. The molecular weight excluding hydrogens is 432 g/mol. The van der Waals surface area contributed by atoms with Crippen LogP contribution in [0.1, 0.15) is 35.7 Å². The van der Waals surface area contributed by atoms with Gasteiger partial charge in [-0.25, -0.2) is 8.42 Å². The molecule has 2 aromatic rings. The molecule has 0 aromatic heterocycles. The molecule has 1 aliphatic rings. The smallest absolute Gasteiger partial charge is 0.310 e. The van der Waals surface area contributed by atoms with Crippen LogP contribution >= 0.6 is 0 Å². The maximum Gasteiger partial charge on any atom is 0.310 e. The maximum atomic E-state index is 13.2. The summed E-state index contributed by atoms with van der Waals surface area (Å²) in [6.07, 6.45) is 1.35. The topological polar surface area (TPSA) is 102 Å². The number of likely N-dealkylation sites (tertiary alicyclic amines) is 1. The molecule has 172 valence electrons. The Morgan fingerprint density at radius 3 is 2.66 bits per heavy atom. The lowest BCUT2D eigenvalue weighted by atomic mass is 9.97. The fraction of sp³-hybridized carbons (Fsp3) is 0.391. The monoisotopic (exact) mass is 460 g/mol. The molecule has 0 unspecified atom stereocenters. The van der Waals surface area contributed by atoms with Gasteiger partial charge >= 0.3 is 5.97 Å². The van der Waals surface area contributed by atoms with Crippen molar-refractivity contribution in [3.8, 4) is 5.75 Å². The molecule has 1 fully saturated rings. The summed E-state index contributed by atoms with van der Waals surface area (Å²) in [5.74, 6) is -0.588. The number of ether oxygens (including phenoxy) is 2. The lowest BCUT2D eigenvalue weighted by molar-refractivity contribution is -0.149. The third kappa shape index (κ3) is 5.21. The SMILES string of the molecule is CCOC(=O)[C@H]1CCCN(C(=O)c2cc(S(=O)(=O)Nc3ccccc3OC)ccc2C)C1. The largest absolute Gasteiger partial charge is 0.495 e. The summed E-state index contributed by atoms with van der Waals surface area (Å²) in [5, 5.41) is 0. The van der Waals surface area contributed by atoms with Crippen LogP contribution in [0.4, 0.5) is 5.69 Å². The maximum absolute atomic E-state index is 13.2. The van der Waals surface area contributed by atoms with E-state index < -0.39 is 10.0 Å². The Morgan fingerprint density at radius 2 is 1.94 bits per heavy atom. The molecule has 8 nitrogen and oxygen atoms in total. The highest BCUT2D eigenvalue weighted by Gasteiger charge is 2.31. The number of methoxy groups -OCH3 is 1. The van der Waals surface area contributed by atoms with Crippen LogP contribution in [0.15, 0.2) is 47.4 Å². The second-order valence-corrected chi connectivity index (χ2v) is 9.31. The Kier molecular flexibility index (Phi) is 7.40. The van der Waals surface area contributed by atoms with Gasteiger partial charge in [0.1, 0.15) is 5.75 Å². The molecule has 0 radical (unpaired) electrons. The van der Waals surface area contributed by atoms with Crippen molar-refractivity contribution in [1.82, 2.24) is 4.90 Å². The van der Waals surface area contributed by atoms with E-state index in [1.807, 2.05) is 0 Å². The highest BCUT2D eigenvalue weighted by molar-refractivity contribution is 7.92. The number of anilines is 1. The quantitative estimate of drug-likeness (QED) is 0.637. The van der Waals surface area contributed by atoms with Crippen molar-refractivity contribution in [3.05, 3.63) is 53.6 Å². The van der Waals surface area contributed by atoms with Gasteiger partial charge in [0.25, 0.3) is 15.9 Å². The number of aryl methyl sites for hydroxylation is 1. The number of sulfonamides is 1. The number of benzene rings is 2. The van der Waals surface area contributed by atoms with Crippen LogP contribution in [0.3, 0.4) is 0 Å². The predicted octanol–water partition coefficient (Wildman–Crippen LogP) is 3.22. The molecule has 0 bridgehead atoms. The van der Waals surface area contributed by atoms with E-state index in [2.05, 4.69) is 4.72 Å². The number of carbonyl (C=O) groups excluding carboxylic acids is 2. The third-order valence-corrected chi connectivity index (χ3v) is 6.79. The van der Waals surface area contributed by atoms with Crippen LogP contribution in [0, 0.1) is 12.8 Å². The van der Waals surface area contributed by atoms with E-state index in [0.29, 0.717) is 43.0 Å². The number of rotatable bonds is 7. The van der Waals surface area contributed by atoms with Crippen molar-refractivity contribution in [2.45, 2.75) is 31.6 Å². The van der Waals surface area contributed by atoms with Crippen LogP contribution in [-0.4, -0.2) is 52.0 Å². The van der Waals surface area contributed by atoms with Gasteiger partial charge in [-0.2, -0.15) is 0 Å². The van der Waals surface area contributed by atoms with E-state index in [-0.39, 0.29) is 34.8 Å². The van der Waals surface area contributed by atoms with Crippen molar-refractivity contribution in [1.29, 1.82) is 0 Å². The van der Waals surface area contributed by atoms with Gasteiger partial charge in [-0.15, -0.1) is 0 Å². The number of nitrogens with zero attached hydrogens (tertiary/aromatic N) is 1. The van der Waals surface area contributed by atoms with E-state index in [9.17, 15) is 18.0 Å². The second kappa shape index (κ2) is 10.0. The summed E-state index contributed by atoms with van der Waals surface area (Å²) in [5.41, 5.74) is 1.25. The van der Waals surface area contributed by atoms with Crippen LogP contribution in [-0.2, 0) is 19.6 Å². The normalized spacial score (nSPS) is 16.3. The summed E-state index contributed by atoms with van der Waals surface area (Å²) in [4.78, 5) is 26.9. The van der Waals surface area contributed by atoms with Crippen LogP contribution < -0.4 is 9.46 Å². The van der Waals surface area contributed by atoms with Crippen molar-refractivity contribution in [2.75, 3.05) is 31.5 Å². The van der Waals surface area contributed by atoms with Gasteiger partial charge in [-0.3, -0.25) is 14.3 Å². The minimum absolute atomic E-state index is 0.0312. The standard InChI is InChI=1S/C23H28N2O6S/c1-4-31-23(27)17-8-7-13-25(15-17)22(26)19-14-18(12-11-16(19)2)32(28,29)24-20-9-5-6-10-21(20)30-3/h5-6,9-12,14,17,24H,4,7-8,13,15H2,1-3H3/t17-/m0/s1. The summed E-state index contributed by atoms with van der Waals surface area (Å²) < 4.78 is 38.8. The van der Waals surface area contributed by atoms with Crippen LogP contribution in [0.2, 0.25) is 0 Å². The van der Waals surface area contributed by atoms with Crippen LogP contribution in [0.5, 0.6) is 5.75 Å². The number of amides is 1. The first kappa shape index (κ1) is 23.6.